The summed E-state index contributed by atoms with van der Waals surface area (Å²) in [6, 6.07) is 8.02. The Morgan fingerprint density at radius 2 is 2.00 bits per heavy atom. The molecule has 1 aliphatic carbocycles. The van der Waals surface area contributed by atoms with Crippen molar-refractivity contribution in [2.75, 3.05) is 0 Å². The maximum absolute atomic E-state index is 6.35. The molecule has 0 saturated heterocycles. The van der Waals surface area contributed by atoms with Gasteiger partial charge in [-0.15, -0.1) is 11.6 Å². The molecule has 0 aromatic heterocycles. The molecule has 1 fully saturated rings. The molecule has 1 aromatic rings. The lowest BCUT2D eigenvalue weighted by Crippen LogP contribution is -2.15. The van der Waals surface area contributed by atoms with E-state index in [-0.39, 0.29) is 4.87 Å². The highest BCUT2D eigenvalue weighted by atomic mass is 35.5. The zero-order valence-corrected chi connectivity index (χ0v) is 9.78. The van der Waals surface area contributed by atoms with E-state index >= 15 is 0 Å². The lowest BCUT2D eigenvalue weighted by Gasteiger charge is -2.17. The Morgan fingerprint density at radius 1 is 1.36 bits per heavy atom. The van der Waals surface area contributed by atoms with Gasteiger partial charge in [0.15, 0.2) is 0 Å². The van der Waals surface area contributed by atoms with Crippen LogP contribution in [0.4, 0.5) is 0 Å². The fourth-order valence-corrected chi connectivity index (χ4v) is 2.17. The molecule has 1 saturated carbocycles. The Kier molecular flexibility index (Phi) is 2.77. The summed E-state index contributed by atoms with van der Waals surface area (Å²) in [6.07, 6.45) is 3.30. The highest BCUT2D eigenvalue weighted by Crippen LogP contribution is 2.49. The van der Waals surface area contributed by atoms with Crippen LogP contribution in [-0.2, 0) is 6.42 Å². The van der Waals surface area contributed by atoms with E-state index in [0.717, 1.165) is 24.3 Å². The van der Waals surface area contributed by atoms with Crippen LogP contribution in [0.3, 0.4) is 0 Å². The van der Waals surface area contributed by atoms with E-state index < -0.39 is 0 Å². The van der Waals surface area contributed by atoms with Crippen LogP contribution in [0.5, 0.6) is 0 Å². The first kappa shape index (κ1) is 10.3. The predicted molar refractivity (Wildman–Crippen MR) is 62.1 cm³/mol. The van der Waals surface area contributed by atoms with Gasteiger partial charge in [-0.25, -0.2) is 0 Å². The number of halogens is 2. The third-order valence-corrected chi connectivity index (χ3v) is 4.21. The molecule has 1 atom stereocenters. The van der Waals surface area contributed by atoms with Gasteiger partial charge in [0.05, 0.1) is 0 Å². The van der Waals surface area contributed by atoms with Crippen molar-refractivity contribution in [1.29, 1.82) is 0 Å². The Labute approximate surface area is 95.2 Å². The minimum Gasteiger partial charge on any atom is -0.119 e. The summed E-state index contributed by atoms with van der Waals surface area (Å²) >= 11 is 12.4. The lowest BCUT2D eigenvalue weighted by molar-refractivity contribution is 0.533. The van der Waals surface area contributed by atoms with Crippen LogP contribution in [0.25, 0.3) is 0 Å². The Morgan fingerprint density at radius 3 is 2.57 bits per heavy atom. The van der Waals surface area contributed by atoms with E-state index in [1.165, 1.54) is 5.56 Å². The van der Waals surface area contributed by atoms with E-state index in [4.69, 9.17) is 23.2 Å². The van der Waals surface area contributed by atoms with Crippen molar-refractivity contribution >= 4 is 23.2 Å². The Balaban J connectivity index is 2.07. The maximum Gasteiger partial charge on any atom is 0.0476 e. The number of alkyl halides is 1. The number of hydrogen-bond acceptors (Lipinski definition) is 0. The zero-order chi connectivity index (χ0) is 10.2. The van der Waals surface area contributed by atoms with E-state index in [2.05, 4.69) is 13.0 Å². The largest absolute Gasteiger partial charge is 0.119 e. The Hall–Kier alpha value is -0.200. The lowest BCUT2D eigenvalue weighted by atomic mass is 9.96. The van der Waals surface area contributed by atoms with Crippen molar-refractivity contribution in [3.8, 4) is 0 Å². The standard InChI is InChI=1S/C12H14Cl2/c1-9(12(14)6-7-12)8-10-4-2-3-5-11(10)13/h2-5,9H,6-8H2,1H3. The summed E-state index contributed by atoms with van der Waals surface area (Å²) in [5.74, 6) is 0.518. The first-order chi connectivity index (χ1) is 6.62. The highest BCUT2D eigenvalue weighted by Gasteiger charge is 2.45. The molecule has 0 aliphatic heterocycles. The second-order valence-corrected chi connectivity index (χ2v) is 5.39. The molecule has 0 spiro atoms. The van der Waals surface area contributed by atoms with E-state index in [1.807, 2.05) is 18.2 Å². The van der Waals surface area contributed by atoms with Crippen molar-refractivity contribution in [3.63, 3.8) is 0 Å². The third-order valence-electron chi connectivity index (χ3n) is 3.09. The summed E-state index contributed by atoms with van der Waals surface area (Å²) in [7, 11) is 0. The van der Waals surface area contributed by atoms with Gasteiger partial charge in [-0.1, -0.05) is 36.7 Å². The number of rotatable bonds is 3. The third kappa shape index (κ3) is 2.07. The summed E-state index contributed by atoms with van der Waals surface area (Å²) in [5, 5.41) is 0.861. The van der Waals surface area contributed by atoms with Gasteiger partial charge in [-0.05, 0) is 36.8 Å². The molecule has 76 valence electrons. The van der Waals surface area contributed by atoms with Crippen molar-refractivity contribution in [3.05, 3.63) is 34.9 Å². The zero-order valence-electron chi connectivity index (χ0n) is 8.26. The summed E-state index contributed by atoms with van der Waals surface area (Å²) in [5.41, 5.74) is 1.22. The molecule has 1 unspecified atom stereocenters. The highest BCUT2D eigenvalue weighted by molar-refractivity contribution is 6.31. The van der Waals surface area contributed by atoms with E-state index in [1.54, 1.807) is 0 Å². The summed E-state index contributed by atoms with van der Waals surface area (Å²) in [6.45, 7) is 2.21. The van der Waals surface area contributed by atoms with Gasteiger partial charge in [0.2, 0.25) is 0 Å². The normalized spacial score (nSPS) is 20.5. The van der Waals surface area contributed by atoms with Crippen molar-refractivity contribution < 1.29 is 0 Å². The topological polar surface area (TPSA) is 0 Å². The first-order valence-electron chi connectivity index (χ1n) is 5.04. The second-order valence-electron chi connectivity index (χ2n) is 4.23. The van der Waals surface area contributed by atoms with Crippen LogP contribution in [0.2, 0.25) is 5.02 Å². The van der Waals surface area contributed by atoms with Gasteiger partial charge >= 0.3 is 0 Å². The van der Waals surface area contributed by atoms with Crippen LogP contribution in [0.15, 0.2) is 24.3 Å². The fourth-order valence-electron chi connectivity index (χ4n) is 1.79. The van der Waals surface area contributed by atoms with Gasteiger partial charge in [-0.3, -0.25) is 0 Å². The molecule has 0 heterocycles. The van der Waals surface area contributed by atoms with Gasteiger partial charge in [0.25, 0.3) is 0 Å². The summed E-state index contributed by atoms with van der Waals surface area (Å²) in [4.78, 5) is 0.0686. The average Bonchev–Trinajstić information content (AvgIpc) is 2.89. The minimum absolute atomic E-state index is 0.0686. The second kappa shape index (κ2) is 3.75. The van der Waals surface area contributed by atoms with Gasteiger partial charge < -0.3 is 0 Å². The van der Waals surface area contributed by atoms with Crippen LogP contribution < -0.4 is 0 Å². The quantitative estimate of drug-likeness (QED) is 0.678. The molecular formula is C12H14Cl2. The fraction of sp³-hybridized carbons (Fsp3) is 0.500. The molecule has 0 bridgehead atoms. The van der Waals surface area contributed by atoms with Gasteiger partial charge in [0, 0.05) is 9.90 Å². The van der Waals surface area contributed by atoms with Crippen LogP contribution in [-0.4, -0.2) is 4.87 Å². The van der Waals surface area contributed by atoms with Crippen molar-refractivity contribution in [1.82, 2.24) is 0 Å². The molecule has 1 aliphatic rings. The van der Waals surface area contributed by atoms with Crippen LogP contribution in [0.1, 0.15) is 25.3 Å². The molecule has 2 rings (SSSR count). The van der Waals surface area contributed by atoms with Gasteiger partial charge in [-0.2, -0.15) is 0 Å². The average molecular weight is 229 g/mol. The molecule has 0 amide bonds. The molecular weight excluding hydrogens is 215 g/mol. The number of hydrogen-bond donors (Lipinski definition) is 0. The smallest absolute Gasteiger partial charge is 0.0476 e. The SMILES string of the molecule is CC(Cc1ccccc1Cl)C1(Cl)CC1. The number of benzene rings is 1. The summed E-state index contributed by atoms with van der Waals surface area (Å²) < 4.78 is 0. The minimum atomic E-state index is 0.0686. The van der Waals surface area contributed by atoms with Crippen molar-refractivity contribution in [2.24, 2.45) is 5.92 Å². The van der Waals surface area contributed by atoms with Gasteiger partial charge in [0.1, 0.15) is 0 Å². The van der Waals surface area contributed by atoms with Crippen LogP contribution in [0, 0.1) is 5.92 Å². The molecule has 0 N–H and O–H groups in total. The first-order valence-corrected chi connectivity index (χ1v) is 5.80. The van der Waals surface area contributed by atoms with E-state index in [9.17, 15) is 0 Å². The molecule has 2 heteroatoms. The van der Waals surface area contributed by atoms with E-state index in [0.29, 0.717) is 5.92 Å². The monoisotopic (exact) mass is 228 g/mol. The molecule has 14 heavy (non-hydrogen) atoms. The van der Waals surface area contributed by atoms with Crippen molar-refractivity contribution in [2.45, 2.75) is 31.1 Å². The predicted octanol–water partition coefficient (Wildman–Crippen LogP) is 4.29. The Bertz CT molecular complexity index is 329. The molecule has 0 radical (unpaired) electrons. The molecule has 1 aromatic carbocycles. The molecule has 0 nitrogen and oxygen atoms in total. The van der Waals surface area contributed by atoms with Crippen LogP contribution >= 0.6 is 23.2 Å². The maximum atomic E-state index is 6.35.